The Morgan fingerprint density at radius 1 is 1.17 bits per heavy atom. The minimum Gasteiger partial charge on any atom is -0.479 e. The molecule has 0 aliphatic carbocycles. The molecule has 228 valence electrons. The summed E-state index contributed by atoms with van der Waals surface area (Å²) in [4.78, 5) is 35.6. The second kappa shape index (κ2) is 13.1. The molecule has 7 N–H and O–H groups in total. The maximum atomic E-state index is 14.0. The van der Waals surface area contributed by atoms with Gasteiger partial charge < -0.3 is 26.0 Å². The first-order chi connectivity index (χ1) is 19.3. The fourth-order valence-electron chi connectivity index (χ4n) is 5.35. The summed E-state index contributed by atoms with van der Waals surface area (Å²) in [6, 6.07) is 10.8. The van der Waals surface area contributed by atoms with E-state index in [1.165, 1.54) is 0 Å². The molecule has 4 rings (SSSR count). The summed E-state index contributed by atoms with van der Waals surface area (Å²) in [5.74, 6) is -1.04. The van der Waals surface area contributed by atoms with Crippen LogP contribution >= 0.6 is 12.4 Å². The van der Waals surface area contributed by atoms with Gasteiger partial charge >= 0.3 is 5.97 Å². The number of benzene rings is 2. The average Bonchev–Trinajstić information content (AvgIpc) is 3.35. The summed E-state index contributed by atoms with van der Waals surface area (Å²) < 4.78 is 24.4. The van der Waals surface area contributed by atoms with Gasteiger partial charge in [0.2, 0.25) is 11.3 Å². The summed E-state index contributed by atoms with van der Waals surface area (Å²) in [7, 11) is -3.97. The highest BCUT2D eigenvalue weighted by Gasteiger charge is 2.42. The van der Waals surface area contributed by atoms with E-state index in [1.54, 1.807) is 24.0 Å². The third-order valence-corrected chi connectivity index (χ3v) is 8.84. The number of halogens is 1. The number of carboxylic acids is 1. The molecule has 0 radical (unpaired) electrons. The lowest BCUT2D eigenvalue weighted by atomic mass is 9.78. The predicted molar refractivity (Wildman–Crippen MR) is 165 cm³/mol. The number of anilines is 1. The number of hydrogen-bond donors (Lipinski definition) is 6. The van der Waals surface area contributed by atoms with Crippen LogP contribution in [0.2, 0.25) is 0 Å². The van der Waals surface area contributed by atoms with Crippen LogP contribution in [0.25, 0.3) is 11.0 Å². The number of aryl methyl sites for hydroxylation is 1. The number of H-pyrrole nitrogens is 1. The Kier molecular flexibility index (Phi) is 10.2. The van der Waals surface area contributed by atoms with Crippen molar-refractivity contribution in [3.8, 4) is 0 Å². The first-order valence-corrected chi connectivity index (χ1v) is 15.4. The van der Waals surface area contributed by atoms with Crippen LogP contribution in [0.1, 0.15) is 48.7 Å². The molecule has 3 aromatic rings. The van der Waals surface area contributed by atoms with Gasteiger partial charge in [0.15, 0.2) is 9.84 Å². The third kappa shape index (κ3) is 7.02. The van der Waals surface area contributed by atoms with Gasteiger partial charge in [-0.1, -0.05) is 6.07 Å². The molecule has 2 unspecified atom stereocenters. The fourth-order valence-corrected chi connectivity index (χ4v) is 6.10. The number of amides is 1. The summed E-state index contributed by atoms with van der Waals surface area (Å²) in [6.45, 7) is 4.98. The number of nitrogens with two attached hydrogens (primary N) is 1. The van der Waals surface area contributed by atoms with Gasteiger partial charge in [0.1, 0.15) is 11.7 Å². The summed E-state index contributed by atoms with van der Waals surface area (Å²) >= 11 is 0. The number of carboxylic acid groups (broad SMARTS) is 1. The molecule has 1 saturated heterocycles. The zero-order valence-corrected chi connectivity index (χ0v) is 25.5. The molecule has 42 heavy (non-hydrogen) atoms. The number of carbonyl (C=O) groups is 2. The van der Waals surface area contributed by atoms with Crippen molar-refractivity contribution in [1.82, 2.24) is 20.2 Å². The largest absolute Gasteiger partial charge is 0.479 e. The van der Waals surface area contributed by atoms with Gasteiger partial charge in [-0.2, -0.15) is 0 Å². The first kappa shape index (κ1) is 32.8. The maximum Gasteiger partial charge on any atom is 0.336 e. The molecule has 14 heteroatoms. The number of nitrogens with one attached hydrogen (secondary N) is 4. The van der Waals surface area contributed by atoms with E-state index >= 15 is 0 Å². The number of nitrogen functional groups attached to an aromatic ring is 1. The van der Waals surface area contributed by atoms with Crippen LogP contribution in [0.3, 0.4) is 0 Å². The Bertz CT molecular complexity index is 1570. The number of likely N-dealkylation sites (tertiary alicyclic amines) is 1. The van der Waals surface area contributed by atoms with E-state index in [-0.39, 0.29) is 30.7 Å². The molecular weight excluding hydrogens is 582 g/mol. The van der Waals surface area contributed by atoms with E-state index < -0.39 is 26.6 Å². The number of imidazole rings is 1. The fraction of sp³-hybridized carbons (Fsp3) is 0.429. The summed E-state index contributed by atoms with van der Waals surface area (Å²) in [6.07, 6.45) is 3.64. The van der Waals surface area contributed by atoms with Crippen LogP contribution in [0.15, 0.2) is 36.4 Å². The van der Waals surface area contributed by atoms with Crippen molar-refractivity contribution in [3.63, 3.8) is 0 Å². The van der Waals surface area contributed by atoms with Gasteiger partial charge in [0.25, 0.3) is 0 Å². The van der Waals surface area contributed by atoms with E-state index in [4.69, 9.17) is 16.1 Å². The quantitative estimate of drug-likeness (QED) is 0.138. The van der Waals surface area contributed by atoms with Gasteiger partial charge in [-0.25, -0.2) is 18.2 Å². The summed E-state index contributed by atoms with van der Waals surface area (Å²) in [5.41, 5.74) is 8.58. The minimum absolute atomic E-state index is 0. The van der Waals surface area contributed by atoms with Gasteiger partial charge in [0.05, 0.1) is 23.0 Å². The monoisotopic (exact) mass is 619 g/mol. The zero-order chi connectivity index (χ0) is 29.9. The topological polar surface area (TPSA) is 194 Å². The molecule has 12 nitrogen and oxygen atoms in total. The highest BCUT2D eigenvalue weighted by molar-refractivity contribution is 7.92. The van der Waals surface area contributed by atoms with Crippen molar-refractivity contribution < 1.29 is 23.1 Å². The van der Waals surface area contributed by atoms with E-state index in [9.17, 15) is 23.1 Å². The molecule has 1 aliphatic rings. The van der Waals surface area contributed by atoms with Gasteiger partial charge in [-0.15, -0.1) is 12.4 Å². The molecule has 2 atom stereocenters. The Morgan fingerprint density at radius 3 is 2.38 bits per heavy atom. The lowest BCUT2D eigenvalue weighted by Gasteiger charge is -2.38. The number of carbonyl (C=O) groups excluding carboxylic acids is 1. The number of sulfone groups is 1. The van der Waals surface area contributed by atoms with Crippen molar-refractivity contribution in [2.45, 2.75) is 50.4 Å². The van der Waals surface area contributed by atoms with Crippen molar-refractivity contribution in [2.75, 3.05) is 31.2 Å². The Labute approximate surface area is 251 Å². The number of hydrogen-bond acceptors (Lipinski definition) is 8. The van der Waals surface area contributed by atoms with E-state index in [1.807, 2.05) is 31.2 Å². The molecule has 1 aliphatic heterocycles. The van der Waals surface area contributed by atoms with Gasteiger partial charge in [-0.3, -0.25) is 15.5 Å². The summed E-state index contributed by atoms with van der Waals surface area (Å²) in [5, 5.41) is 21.2. The van der Waals surface area contributed by atoms with Crippen LogP contribution < -0.4 is 16.4 Å². The number of aliphatic carboxylic acids is 1. The highest BCUT2D eigenvalue weighted by Crippen LogP contribution is 2.33. The number of amidine groups is 1. The van der Waals surface area contributed by atoms with Crippen LogP contribution in [0.5, 0.6) is 0 Å². The second-order valence-corrected chi connectivity index (χ2v) is 12.9. The molecule has 2 aromatic carbocycles. The van der Waals surface area contributed by atoms with Crippen LogP contribution in [0.4, 0.5) is 5.69 Å². The van der Waals surface area contributed by atoms with Crippen LogP contribution in [0, 0.1) is 12.3 Å². The minimum atomic E-state index is -3.97. The smallest absolute Gasteiger partial charge is 0.336 e. The molecule has 1 fully saturated rings. The maximum absolute atomic E-state index is 14.0. The van der Waals surface area contributed by atoms with Crippen molar-refractivity contribution >= 4 is 56.7 Å². The van der Waals surface area contributed by atoms with E-state index in [2.05, 4.69) is 15.6 Å². The number of aromatic nitrogens is 2. The molecule has 0 saturated carbocycles. The Hall–Kier alpha value is -3.68. The SMILES string of the molecule is Cc1c(C(C)(CNC(C(=O)O)S(C)(=O)=O)C(=O)N2CCCCC2)ccc2[nH]c(CNc3ccc(C(=N)N)cc3)nc12.Cl. The zero-order valence-electron chi connectivity index (χ0n) is 23.9. The second-order valence-electron chi connectivity index (χ2n) is 10.8. The molecule has 1 amide bonds. The lowest BCUT2D eigenvalue weighted by molar-refractivity contribution is -0.140. The van der Waals surface area contributed by atoms with Gasteiger partial charge in [0, 0.05) is 37.1 Å². The molecular formula is C28H38ClN7O5S. The normalized spacial score (nSPS) is 15.8. The number of nitrogens with zero attached hydrogens (tertiary/aromatic N) is 2. The Balaban J connectivity index is 0.00000484. The molecule has 0 bridgehead atoms. The van der Waals surface area contributed by atoms with E-state index in [0.717, 1.165) is 42.3 Å². The van der Waals surface area contributed by atoms with Gasteiger partial charge in [-0.05, 0) is 74.6 Å². The third-order valence-electron chi connectivity index (χ3n) is 7.62. The van der Waals surface area contributed by atoms with Crippen molar-refractivity contribution in [1.29, 1.82) is 5.41 Å². The van der Waals surface area contributed by atoms with Crippen LogP contribution in [-0.2, 0) is 31.4 Å². The molecule has 0 spiro atoms. The molecule has 2 heterocycles. The average molecular weight is 620 g/mol. The van der Waals surface area contributed by atoms with E-state index in [0.29, 0.717) is 42.1 Å². The standard InChI is InChI=1S/C28H37N7O5S.ClH/c1-17-20(11-12-21-23(17)34-22(33-21)15-31-19-9-7-18(8-10-19)24(29)30)28(2,27(38)35-13-5-4-6-14-35)16-32-25(26(36)37)41(3,39)40;/h7-12,25,31-32H,4-6,13-16H2,1-3H3,(H3,29,30)(H,33,34)(H,36,37);1H. The Morgan fingerprint density at radius 2 is 1.81 bits per heavy atom. The molecule has 1 aromatic heterocycles. The number of rotatable bonds is 11. The number of fused-ring (bicyclic) bond motifs is 1. The lowest BCUT2D eigenvalue weighted by Crippen LogP contribution is -2.55. The highest BCUT2D eigenvalue weighted by atomic mass is 35.5. The van der Waals surface area contributed by atoms with Crippen molar-refractivity contribution in [3.05, 3.63) is 58.9 Å². The predicted octanol–water partition coefficient (Wildman–Crippen LogP) is 2.50. The number of piperidine rings is 1. The first-order valence-electron chi connectivity index (χ1n) is 13.4. The van der Waals surface area contributed by atoms with Crippen LogP contribution in [-0.4, -0.2) is 77.4 Å². The number of aromatic amines is 1. The van der Waals surface area contributed by atoms with Crippen molar-refractivity contribution in [2.24, 2.45) is 5.73 Å².